The summed E-state index contributed by atoms with van der Waals surface area (Å²) in [7, 11) is 0. The zero-order chi connectivity index (χ0) is 18.6. The fraction of sp³-hybridized carbons (Fsp3) is 0.100. The molecule has 7 nitrogen and oxygen atoms in total. The maximum absolute atomic E-state index is 12.7. The van der Waals surface area contributed by atoms with Crippen LogP contribution in [0.2, 0.25) is 0 Å². The largest absolute Gasteiger partial charge is 0.489 e. The third-order valence-corrected chi connectivity index (χ3v) is 4.04. The van der Waals surface area contributed by atoms with E-state index in [1.807, 2.05) is 12.1 Å². The van der Waals surface area contributed by atoms with E-state index < -0.39 is 11.3 Å². The molecule has 3 aromatic heterocycles. The minimum atomic E-state index is -0.722. The molecule has 0 unspecified atom stereocenters. The second-order valence-electron chi connectivity index (χ2n) is 5.93. The molecule has 134 valence electrons. The van der Waals surface area contributed by atoms with E-state index in [2.05, 4.69) is 9.97 Å². The maximum Gasteiger partial charge on any atom is 0.422 e. The van der Waals surface area contributed by atoms with Crippen molar-refractivity contribution in [2.24, 2.45) is 0 Å². The summed E-state index contributed by atoms with van der Waals surface area (Å²) >= 11 is 0. The van der Waals surface area contributed by atoms with Crippen molar-refractivity contribution < 1.29 is 9.15 Å². The predicted molar refractivity (Wildman–Crippen MR) is 98.7 cm³/mol. The molecule has 27 heavy (non-hydrogen) atoms. The monoisotopic (exact) mass is 361 g/mol. The van der Waals surface area contributed by atoms with Gasteiger partial charge >= 0.3 is 5.76 Å². The SMILES string of the molecule is O=c1oc2cc(OCc3cccnc3)ccc2c(=O)n1Cc1cccnc1. The quantitative estimate of drug-likeness (QED) is 0.542. The van der Waals surface area contributed by atoms with Gasteiger partial charge in [-0.2, -0.15) is 0 Å². The average Bonchev–Trinajstić information content (AvgIpc) is 2.71. The first kappa shape index (κ1) is 16.7. The number of nitrogens with zero attached hydrogens (tertiary/aromatic N) is 3. The average molecular weight is 361 g/mol. The van der Waals surface area contributed by atoms with Crippen molar-refractivity contribution in [3.8, 4) is 5.75 Å². The molecule has 0 spiro atoms. The predicted octanol–water partition coefficient (Wildman–Crippen LogP) is 2.37. The van der Waals surface area contributed by atoms with Gasteiger partial charge < -0.3 is 9.15 Å². The number of benzene rings is 1. The van der Waals surface area contributed by atoms with Crippen LogP contribution in [0.1, 0.15) is 11.1 Å². The van der Waals surface area contributed by atoms with Crippen molar-refractivity contribution in [3.63, 3.8) is 0 Å². The molecular weight excluding hydrogens is 346 g/mol. The van der Waals surface area contributed by atoms with Gasteiger partial charge in [0.25, 0.3) is 5.56 Å². The normalized spacial score (nSPS) is 10.8. The van der Waals surface area contributed by atoms with Gasteiger partial charge in [0.1, 0.15) is 17.9 Å². The number of hydrogen-bond acceptors (Lipinski definition) is 6. The highest BCUT2D eigenvalue weighted by Crippen LogP contribution is 2.18. The van der Waals surface area contributed by atoms with Gasteiger partial charge in [-0.05, 0) is 29.8 Å². The maximum atomic E-state index is 12.7. The molecule has 0 aliphatic rings. The number of ether oxygens (including phenoxy) is 1. The lowest BCUT2D eigenvalue weighted by molar-refractivity contribution is 0.305. The first-order valence-electron chi connectivity index (χ1n) is 8.29. The van der Waals surface area contributed by atoms with Crippen molar-refractivity contribution in [1.29, 1.82) is 0 Å². The number of aromatic nitrogens is 3. The first-order valence-corrected chi connectivity index (χ1v) is 8.29. The molecule has 0 aliphatic heterocycles. The smallest absolute Gasteiger partial charge is 0.422 e. The Kier molecular flexibility index (Phi) is 4.49. The summed E-state index contributed by atoms with van der Waals surface area (Å²) in [6.07, 6.45) is 6.62. The Morgan fingerprint density at radius 2 is 1.70 bits per heavy atom. The van der Waals surface area contributed by atoms with Crippen molar-refractivity contribution in [1.82, 2.24) is 14.5 Å². The lowest BCUT2D eigenvalue weighted by Crippen LogP contribution is -2.32. The summed E-state index contributed by atoms with van der Waals surface area (Å²) in [5, 5.41) is 0.312. The minimum Gasteiger partial charge on any atom is -0.489 e. The molecule has 4 rings (SSSR count). The molecule has 0 N–H and O–H groups in total. The fourth-order valence-electron chi connectivity index (χ4n) is 2.69. The number of fused-ring (bicyclic) bond motifs is 1. The topological polar surface area (TPSA) is 87.2 Å². The van der Waals surface area contributed by atoms with E-state index in [9.17, 15) is 9.59 Å². The van der Waals surface area contributed by atoms with Crippen LogP contribution < -0.4 is 16.1 Å². The van der Waals surface area contributed by atoms with Crippen LogP contribution in [0, 0.1) is 0 Å². The van der Waals surface area contributed by atoms with Crippen LogP contribution in [-0.2, 0) is 13.2 Å². The van der Waals surface area contributed by atoms with E-state index in [1.165, 1.54) is 0 Å². The highest BCUT2D eigenvalue weighted by atomic mass is 16.5. The molecular formula is C20H15N3O4. The summed E-state index contributed by atoms with van der Waals surface area (Å²) < 4.78 is 12.1. The van der Waals surface area contributed by atoms with Gasteiger partial charge in [0.2, 0.25) is 0 Å². The van der Waals surface area contributed by atoms with E-state index in [4.69, 9.17) is 9.15 Å². The van der Waals surface area contributed by atoms with Gasteiger partial charge in [-0.3, -0.25) is 14.8 Å². The van der Waals surface area contributed by atoms with Crippen molar-refractivity contribution >= 4 is 11.0 Å². The van der Waals surface area contributed by atoms with Crippen molar-refractivity contribution in [2.45, 2.75) is 13.2 Å². The van der Waals surface area contributed by atoms with E-state index >= 15 is 0 Å². The Labute approximate surface area is 153 Å². The molecule has 0 saturated heterocycles. The molecule has 0 radical (unpaired) electrons. The highest BCUT2D eigenvalue weighted by Gasteiger charge is 2.11. The Morgan fingerprint density at radius 1 is 0.963 bits per heavy atom. The third kappa shape index (κ3) is 3.62. The number of rotatable bonds is 5. The zero-order valence-electron chi connectivity index (χ0n) is 14.2. The highest BCUT2D eigenvalue weighted by molar-refractivity contribution is 5.76. The molecule has 0 fully saturated rings. The summed E-state index contributed by atoms with van der Waals surface area (Å²) in [5.74, 6) is -0.223. The standard InChI is InChI=1S/C20H15N3O4/c24-19-17-6-5-16(26-13-15-4-2-8-22-11-15)9-18(17)27-20(25)23(19)12-14-3-1-7-21-10-14/h1-11H,12-13H2. The van der Waals surface area contributed by atoms with Crippen LogP contribution in [0.15, 0.2) is 81.3 Å². The molecule has 0 saturated carbocycles. The Balaban J connectivity index is 1.64. The molecule has 3 heterocycles. The van der Waals surface area contributed by atoms with Crippen molar-refractivity contribution in [3.05, 3.63) is 99.3 Å². The lowest BCUT2D eigenvalue weighted by atomic mass is 10.2. The van der Waals surface area contributed by atoms with E-state index in [0.717, 1.165) is 15.7 Å². The second kappa shape index (κ2) is 7.25. The Hall–Kier alpha value is -3.74. The summed E-state index contributed by atoms with van der Waals surface area (Å²) in [6.45, 7) is 0.422. The van der Waals surface area contributed by atoms with Gasteiger partial charge in [-0.1, -0.05) is 12.1 Å². The van der Waals surface area contributed by atoms with Crippen LogP contribution in [0.5, 0.6) is 5.75 Å². The van der Waals surface area contributed by atoms with Crippen LogP contribution in [-0.4, -0.2) is 14.5 Å². The van der Waals surface area contributed by atoms with Gasteiger partial charge in [-0.15, -0.1) is 0 Å². The molecule has 4 aromatic rings. The molecule has 7 heteroatoms. The van der Waals surface area contributed by atoms with E-state index in [1.54, 1.807) is 55.1 Å². The van der Waals surface area contributed by atoms with E-state index in [-0.39, 0.29) is 12.1 Å². The van der Waals surface area contributed by atoms with Gasteiger partial charge in [-0.25, -0.2) is 9.36 Å². The summed E-state index contributed by atoms with van der Waals surface area (Å²) in [4.78, 5) is 33.0. The van der Waals surface area contributed by atoms with Crippen LogP contribution in [0.25, 0.3) is 11.0 Å². The molecule has 1 aromatic carbocycles. The Morgan fingerprint density at radius 3 is 2.41 bits per heavy atom. The van der Waals surface area contributed by atoms with E-state index in [0.29, 0.717) is 17.7 Å². The summed E-state index contributed by atoms with van der Waals surface area (Å²) in [5.41, 5.74) is 1.42. The summed E-state index contributed by atoms with van der Waals surface area (Å²) in [6, 6.07) is 12.1. The first-order chi connectivity index (χ1) is 13.2. The van der Waals surface area contributed by atoms with Gasteiger partial charge in [0.05, 0.1) is 11.9 Å². The molecule has 0 bridgehead atoms. The van der Waals surface area contributed by atoms with Crippen LogP contribution in [0.3, 0.4) is 0 Å². The number of hydrogen-bond donors (Lipinski definition) is 0. The molecule has 0 atom stereocenters. The second-order valence-corrected chi connectivity index (χ2v) is 5.93. The lowest BCUT2D eigenvalue weighted by Gasteiger charge is -2.08. The van der Waals surface area contributed by atoms with Crippen LogP contribution >= 0.6 is 0 Å². The third-order valence-electron chi connectivity index (χ3n) is 4.04. The van der Waals surface area contributed by atoms with Gasteiger partial charge in [0, 0.05) is 36.4 Å². The Bertz CT molecular complexity index is 1180. The minimum absolute atomic E-state index is 0.101. The van der Waals surface area contributed by atoms with Gasteiger partial charge in [0.15, 0.2) is 0 Å². The molecule has 0 amide bonds. The zero-order valence-corrected chi connectivity index (χ0v) is 14.2. The van der Waals surface area contributed by atoms with Crippen molar-refractivity contribution in [2.75, 3.05) is 0 Å². The number of pyridine rings is 2. The van der Waals surface area contributed by atoms with Crippen LogP contribution in [0.4, 0.5) is 0 Å². The fourth-order valence-corrected chi connectivity index (χ4v) is 2.69. The molecule has 0 aliphatic carbocycles.